The molecule has 0 heterocycles. The van der Waals surface area contributed by atoms with Crippen molar-refractivity contribution in [2.45, 2.75) is 121 Å². The number of hydrogen-bond acceptors (Lipinski definition) is 2. The van der Waals surface area contributed by atoms with Crippen LogP contribution in [0.4, 0.5) is 0 Å². The molecule has 0 aromatic carbocycles. The van der Waals surface area contributed by atoms with Crippen LogP contribution in [-0.4, -0.2) is 18.8 Å². The molecule has 0 aromatic rings. The highest BCUT2D eigenvalue weighted by atomic mass is 16.2. The zero-order chi connectivity index (χ0) is 30.7. The van der Waals surface area contributed by atoms with Crippen molar-refractivity contribution in [3.63, 3.8) is 0 Å². The van der Waals surface area contributed by atoms with Crippen LogP contribution >= 0.6 is 0 Å². The van der Waals surface area contributed by atoms with Crippen LogP contribution < -0.4 is 5.73 Å². The highest BCUT2D eigenvalue weighted by Crippen LogP contribution is 2.29. The Morgan fingerprint density at radius 2 is 1.18 bits per heavy atom. The van der Waals surface area contributed by atoms with E-state index in [1.165, 1.54) is 56.7 Å². The summed E-state index contributed by atoms with van der Waals surface area (Å²) in [5, 5.41) is 7.57. The molecule has 0 radical (unpaired) electrons. The fourth-order valence-electron chi connectivity index (χ4n) is 3.43. The number of nitrogens with two attached hydrogens (primary N) is 1. The predicted molar refractivity (Wildman–Crippen MR) is 179 cm³/mol. The lowest BCUT2D eigenvalue weighted by Crippen LogP contribution is -2.11. The van der Waals surface area contributed by atoms with Gasteiger partial charge in [-0.1, -0.05) is 144 Å². The van der Waals surface area contributed by atoms with Crippen LogP contribution in [0.5, 0.6) is 0 Å². The molecule has 2 nitrogen and oxygen atoms in total. The monoisotopic (exact) mass is 532 g/mol. The SMILES string of the molecule is C=C(/C=C\C(=C)C(=C)/C(=C\C(=C)C(C)CCC(C)C(C)CCC(C)CC)CC)CC.CCC.CCO.CN. The van der Waals surface area contributed by atoms with E-state index in [4.69, 9.17) is 5.11 Å². The molecule has 224 valence electrons. The van der Waals surface area contributed by atoms with E-state index in [1.54, 1.807) is 6.92 Å². The Hall–Kier alpha value is -1.64. The van der Waals surface area contributed by atoms with Crippen LogP contribution in [-0.2, 0) is 0 Å². The van der Waals surface area contributed by atoms with Gasteiger partial charge in [0.2, 0.25) is 0 Å². The molecule has 0 aromatic heterocycles. The second-order valence-corrected chi connectivity index (χ2v) is 10.5. The minimum Gasteiger partial charge on any atom is -0.397 e. The number of aliphatic hydroxyl groups is 1. The summed E-state index contributed by atoms with van der Waals surface area (Å²) < 4.78 is 0. The molecule has 2 heteroatoms. The summed E-state index contributed by atoms with van der Waals surface area (Å²) in [4.78, 5) is 0. The summed E-state index contributed by atoms with van der Waals surface area (Å²) in [6.45, 7) is 39.2. The van der Waals surface area contributed by atoms with Gasteiger partial charge in [0.05, 0.1) is 0 Å². The Bertz CT molecular complexity index is 665. The Kier molecular flexibility index (Phi) is 34.2. The summed E-state index contributed by atoms with van der Waals surface area (Å²) in [6, 6.07) is 0. The topological polar surface area (TPSA) is 46.2 Å². The Morgan fingerprint density at radius 1 is 0.737 bits per heavy atom. The maximum atomic E-state index is 7.57. The maximum absolute atomic E-state index is 7.57. The Morgan fingerprint density at radius 3 is 1.58 bits per heavy atom. The van der Waals surface area contributed by atoms with Crippen molar-refractivity contribution in [1.29, 1.82) is 0 Å². The van der Waals surface area contributed by atoms with Gasteiger partial charge < -0.3 is 10.8 Å². The van der Waals surface area contributed by atoms with Gasteiger partial charge in [-0.25, -0.2) is 0 Å². The molecule has 0 aliphatic carbocycles. The molecule has 0 saturated heterocycles. The van der Waals surface area contributed by atoms with E-state index in [2.05, 4.69) is 100 Å². The molecule has 0 saturated carbocycles. The normalized spacial score (nSPS) is 13.9. The van der Waals surface area contributed by atoms with Gasteiger partial charge in [-0.3, -0.25) is 0 Å². The molecule has 38 heavy (non-hydrogen) atoms. The van der Waals surface area contributed by atoms with Crippen molar-refractivity contribution in [1.82, 2.24) is 0 Å². The van der Waals surface area contributed by atoms with Gasteiger partial charge in [0, 0.05) is 6.61 Å². The van der Waals surface area contributed by atoms with Crippen LogP contribution in [0.1, 0.15) is 121 Å². The van der Waals surface area contributed by atoms with Gasteiger partial charge in [-0.05, 0) is 80.0 Å². The highest BCUT2D eigenvalue weighted by molar-refractivity contribution is 5.51. The smallest absolute Gasteiger partial charge is 0.0402 e. The first kappa shape index (κ1) is 43.4. The first-order chi connectivity index (χ1) is 17.9. The first-order valence-corrected chi connectivity index (χ1v) is 15.2. The lowest BCUT2D eigenvalue weighted by molar-refractivity contribution is 0.301. The van der Waals surface area contributed by atoms with Crippen molar-refractivity contribution in [3.05, 3.63) is 72.4 Å². The number of allylic oxidation sites excluding steroid dienone is 8. The fourth-order valence-corrected chi connectivity index (χ4v) is 3.43. The second kappa shape index (κ2) is 29.9. The molecule has 4 atom stereocenters. The van der Waals surface area contributed by atoms with Gasteiger partial charge in [0.15, 0.2) is 0 Å². The average molecular weight is 532 g/mol. The van der Waals surface area contributed by atoms with Crippen LogP contribution in [0.25, 0.3) is 0 Å². The third-order valence-electron chi connectivity index (χ3n) is 6.96. The van der Waals surface area contributed by atoms with Gasteiger partial charge in [0.25, 0.3) is 0 Å². The van der Waals surface area contributed by atoms with Crippen molar-refractivity contribution in [2.75, 3.05) is 13.7 Å². The Balaban J connectivity index is -0.000000640. The van der Waals surface area contributed by atoms with Crippen molar-refractivity contribution < 1.29 is 5.11 Å². The van der Waals surface area contributed by atoms with E-state index in [1.807, 2.05) is 12.2 Å². The lowest BCUT2D eigenvalue weighted by atomic mass is 9.83. The summed E-state index contributed by atoms with van der Waals surface area (Å²) in [6.07, 6.45) is 15.9. The van der Waals surface area contributed by atoms with Gasteiger partial charge >= 0.3 is 0 Å². The molecule has 0 aliphatic rings. The zero-order valence-electron chi connectivity index (χ0n) is 27.8. The average Bonchev–Trinajstić information content (AvgIpc) is 2.92. The quantitative estimate of drug-likeness (QED) is 0.194. The van der Waals surface area contributed by atoms with Crippen molar-refractivity contribution in [3.8, 4) is 0 Å². The van der Waals surface area contributed by atoms with Crippen molar-refractivity contribution >= 4 is 0 Å². The van der Waals surface area contributed by atoms with Gasteiger partial charge in [0.1, 0.15) is 0 Å². The maximum Gasteiger partial charge on any atom is 0.0402 e. The van der Waals surface area contributed by atoms with Crippen LogP contribution in [0, 0.1) is 23.7 Å². The van der Waals surface area contributed by atoms with E-state index < -0.39 is 0 Å². The van der Waals surface area contributed by atoms with E-state index in [0.717, 1.165) is 47.3 Å². The predicted octanol–water partition coefficient (Wildman–Crippen LogP) is 11.0. The fraction of sp³-hybridized carbons (Fsp3) is 0.667. The van der Waals surface area contributed by atoms with E-state index in [9.17, 15) is 0 Å². The van der Waals surface area contributed by atoms with Crippen molar-refractivity contribution in [2.24, 2.45) is 29.4 Å². The second-order valence-electron chi connectivity index (χ2n) is 10.5. The molecule has 0 aliphatic heterocycles. The number of rotatable bonds is 16. The third kappa shape index (κ3) is 24.7. The standard InChI is InChI=1S/C30H50.C3H8.C2H6O.CH5N/c1-12-22(4)15-17-24(6)25(7)19-20-26(8)28(10)21-30(14-3)29(11)27(9)18-16-23(5)13-2;1-3-2;1-2-3;1-2/h16,18,21-22,24-26H,5,9-15,17,19-20H2,1-4,6-8H3;3H2,1-2H3;3H,2H2,1H3;2H2,1H3/b18-16-,30-21-;;;. The molecule has 3 N–H and O–H groups in total. The molecule has 0 rings (SSSR count). The van der Waals surface area contributed by atoms with E-state index in [0.29, 0.717) is 5.92 Å². The molecular weight excluding hydrogens is 462 g/mol. The first-order valence-electron chi connectivity index (χ1n) is 15.2. The van der Waals surface area contributed by atoms with Crippen LogP contribution in [0.15, 0.2) is 72.4 Å². The molecule has 0 amide bonds. The van der Waals surface area contributed by atoms with E-state index >= 15 is 0 Å². The van der Waals surface area contributed by atoms with E-state index in [-0.39, 0.29) is 6.61 Å². The summed E-state index contributed by atoms with van der Waals surface area (Å²) >= 11 is 0. The van der Waals surface area contributed by atoms with Gasteiger partial charge in [-0.15, -0.1) is 0 Å². The van der Waals surface area contributed by atoms with Crippen LogP contribution in [0.3, 0.4) is 0 Å². The number of hydrogen-bond donors (Lipinski definition) is 2. The highest BCUT2D eigenvalue weighted by Gasteiger charge is 2.16. The lowest BCUT2D eigenvalue weighted by Gasteiger charge is -2.23. The van der Waals surface area contributed by atoms with Crippen LogP contribution in [0.2, 0.25) is 0 Å². The largest absolute Gasteiger partial charge is 0.397 e. The Labute approximate surface area is 241 Å². The zero-order valence-corrected chi connectivity index (χ0v) is 27.8. The number of aliphatic hydroxyl groups excluding tert-OH is 1. The minimum atomic E-state index is 0.250. The molecular formula is C36H69NO. The summed E-state index contributed by atoms with van der Waals surface area (Å²) in [7, 11) is 1.50. The summed E-state index contributed by atoms with van der Waals surface area (Å²) in [5.74, 6) is 2.92. The third-order valence-corrected chi connectivity index (χ3v) is 6.96. The molecule has 0 fully saturated rings. The summed E-state index contributed by atoms with van der Waals surface area (Å²) in [5.41, 5.74) is 10.0. The molecule has 0 bridgehead atoms. The van der Waals surface area contributed by atoms with Gasteiger partial charge in [-0.2, -0.15) is 0 Å². The molecule has 0 spiro atoms. The minimum absolute atomic E-state index is 0.250. The molecule has 4 unspecified atom stereocenters.